The van der Waals surface area contributed by atoms with Gasteiger partial charge in [0, 0.05) is 6.54 Å². The molecule has 102 valence electrons. The van der Waals surface area contributed by atoms with Crippen LogP contribution in [0.25, 0.3) is 0 Å². The third-order valence-electron chi connectivity index (χ3n) is 2.15. The van der Waals surface area contributed by atoms with Gasteiger partial charge in [0.25, 0.3) is 0 Å². The van der Waals surface area contributed by atoms with Gasteiger partial charge in [0.1, 0.15) is 5.60 Å². The topological polar surface area (TPSA) is 38.3 Å². The standard InChI is InChI=1S/C10H20BF3NO2.K/c1-8(11(12,13)14)6-5-7-15-9(16)17-10(2,3)4;/h8H,5-7H2,1-4H3,(H,15,16);/q-1;+1. The van der Waals surface area contributed by atoms with Gasteiger partial charge in [-0.15, -0.1) is 0 Å². The van der Waals surface area contributed by atoms with Gasteiger partial charge in [0.15, 0.2) is 0 Å². The summed E-state index contributed by atoms with van der Waals surface area (Å²) in [4.78, 5) is 11.1. The van der Waals surface area contributed by atoms with E-state index in [1.54, 1.807) is 20.8 Å². The molecule has 1 unspecified atom stereocenters. The van der Waals surface area contributed by atoms with Gasteiger partial charge < -0.3 is 23.0 Å². The van der Waals surface area contributed by atoms with E-state index in [9.17, 15) is 17.7 Å². The molecule has 0 rings (SSSR count). The van der Waals surface area contributed by atoms with E-state index in [1.807, 2.05) is 0 Å². The van der Waals surface area contributed by atoms with Crippen LogP contribution in [-0.2, 0) is 4.74 Å². The number of alkyl carbamates (subject to hydrolysis) is 1. The first kappa shape index (κ1) is 21.1. The summed E-state index contributed by atoms with van der Waals surface area (Å²) < 4.78 is 41.6. The molecule has 1 N–H and O–H groups in total. The van der Waals surface area contributed by atoms with Gasteiger partial charge in [-0.3, -0.25) is 0 Å². The summed E-state index contributed by atoms with van der Waals surface area (Å²) in [7, 11) is 0. The summed E-state index contributed by atoms with van der Waals surface area (Å²) in [5.41, 5.74) is -0.591. The van der Waals surface area contributed by atoms with Crippen molar-refractivity contribution < 1.29 is 73.9 Å². The molecule has 1 amide bonds. The Bertz CT molecular complexity index is 256. The first-order valence-electron chi connectivity index (χ1n) is 5.69. The van der Waals surface area contributed by atoms with Crippen LogP contribution < -0.4 is 56.7 Å². The predicted molar refractivity (Wildman–Crippen MR) is 62.0 cm³/mol. The van der Waals surface area contributed by atoms with E-state index in [0.717, 1.165) is 6.92 Å². The fourth-order valence-corrected chi connectivity index (χ4v) is 1.12. The number of carbonyl (C=O) groups excluding carboxylic acids is 1. The molecule has 0 heterocycles. The number of ether oxygens (including phenoxy) is 1. The van der Waals surface area contributed by atoms with Crippen LogP contribution in [0, 0.1) is 0 Å². The van der Waals surface area contributed by atoms with E-state index in [1.165, 1.54) is 0 Å². The van der Waals surface area contributed by atoms with Gasteiger partial charge in [0.05, 0.1) is 0 Å². The quantitative estimate of drug-likeness (QED) is 0.593. The molecule has 0 aromatic rings. The Balaban J connectivity index is 0. The molecule has 0 saturated carbocycles. The van der Waals surface area contributed by atoms with Crippen LogP contribution in [0.2, 0.25) is 5.82 Å². The van der Waals surface area contributed by atoms with Crippen LogP contribution in [-0.4, -0.2) is 25.2 Å². The van der Waals surface area contributed by atoms with Crippen molar-refractivity contribution in [1.82, 2.24) is 5.32 Å². The molecule has 0 aromatic heterocycles. The zero-order valence-electron chi connectivity index (χ0n) is 11.7. The second-order valence-corrected chi connectivity index (χ2v) is 5.17. The number of carbonyl (C=O) groups is 1. The average molecular weight is 293 g/mol. The molecule has 8 heteroatoms. The first-order chi connectivity index (χ1) is 7.52. The second kappa shape index (κ2) is 8.84. The van der Waals surface area contributed by atoms with Crippen LogP contribution in [0.5, 0.6) is 0 Å². The molecule has 0 aromatic carbocycles. The Hall–Kier alpha value is 0.761. The summed E-state index contributed by atoms with van der Waals surface area (Å²) in [5, 5.41) is 2.42. The third kappa shape index (κ3) is 11.8. The zero-order valence-corrected chi connectivity index (χ0v) is 14.8. The minimum atomic E-state index is -4.77. The molecule has 3 nitrogen and oxygen atoms in total. The predicted octanol–water partition coefficient (Wildman–Crippen LogP) is 0.533. The van der Waals surface area contributed by atoms with Gasteiger partial charge in [0.2, 0.25) is 0 Å². The Morgan fingerprint density at radius 2 is 1.83 bits per heavy atom. The molecule has 18 heavy (non-hydrogen) atoms. The number of amides is 1. The maximum absolute atomic E-state index is 12.2. The Kier molecular flexibility index (Phi) is 10.3. The SMILES string of the molecule is CC(CCCNC(=O)OC(C)(C)C)[B-](F)(F)F.[K+]. The van der Waals surface area contributed by atoms with Crippen molar-refractivity contribution in [3.05, 3.63) is 0 Å². The summed E-state index contributed by atoms with van der Waals surface area (Å²) in [6, 6.07) is 0. The summed E-state index contributed by atoms with van der Waals surface area (Å²) in [6.45, 7) is 1.76. The second-order valence-electron chi connectivity index (χ2n) is 5.17. The van der Waals surface area contributed by atoms with Crippen molar-refractivity contribution in [2.75, 3.05) is 6.54 Å². The average Bonchev–Trinajstić information content (AvgIpc) is 2.07. The third-order valence-corrected chi connectivity index (χ3v) is 2.15. The Labute approximate surface area is 149 Å². The largest absolute Gasteiger partial charge is 1.00 e. The Morgan fingerprint density at radius 3 is 2.22 bits per heavy atom. The minimum Gasteiger partial charge on any atom is -0.449 e. The van der Waals surface area contributed by atoms with Gasteiger partial charge in [-0.05, 0) is 27.2 Å². The fourth-order valence-electron chi connectivity index (χ4n) is 1.12. The zero-order chi connectivity index (χ0) is 13.7. The molecule has 0 bridgehead atoms. The molecular formula is C10H20BF3KNO2. The summed E-state index contributed by atoms with van der Waals surface area (Å²) in [5.74, 6) is -1.28. The number of halogens is 3. The van der Waals surface area contributed by atoms with E-state index >= 15 is 0 Å². The molecule has 0 spiro atoms. The smallest absolute Gasteiger partial charge is 0.449 e. The molecular weight excluding hydrogens is 273 g/mol. The molecule has 0 aliphatic rings. The van der Waals surface area contributed by atoms with Crippen molar-refractivity contribution in [2.45, 2.75) is 52.0 Å². The molecule has 0 aliphatic heterocycles. The molecule has 0 aliphatic carbocycles. The van der Waals surface area contributed by atoms with Gasteiger partial charge in [-0.2, -0.15) is 0 Å². The van der Waals surface area contributed by atoms with E-state index in [2.05, 4.69) is 5.32 Å². The van der Waals surface area contributed by atoms with E-state index in [-0.39, 0.29) is 64.4 Å². The van der Waals surface area contributed by atoms with Crippen molar-refractivity contribution >= 4 is 13.1 Å². The van der Waals surface area contributed by atoms with E-state index in [0.29, 0.717) is 6.42 Å². The molecule has 0 fully saturated rings. The summed E-state index contributed by atoms with van der Waals surface area (Å²) in [6.07, 6.45) is -0.274. The fraction of sp³-hybridized carbons (Fsp3) is 0.900. The molecule has 1 atom stereocenters. The maximum Gasteiger partial charge on any atom is 1.00 e. The van der Waals surface area contributed by atoms with Crippen molar-refractivity contribution in [3.8, 4) is 0 Å². The van der Waals surface area contributed by atoms with E-state index in [4.69, 9.17) is 4.74 Å². The van der Waals surface area contributed by atoms with Crippen LogP contribution in [0.4, 0.5) is 17.7 Å². The Morgan fingerprint density at radius 1 is 1.33 bits per heavy atom. The van der Waals surface area contributed by atoms with Crippen molar-refractivity contribution in [3.63, 3.8) is 0 Å². The maximum atomic E-state index is 12.2. The number of nitrogens with one attached hydrogen (secondary N) is 1. The number of hydrogen-bond acceptors (Lipinski definition) is 2. The first-order valence-corrected chi connectivity index (χ1v) is 5.69. The van der Waals surface area contributed by atoms with Crippen LogP contribution in [0.15, 0.2) is 0 Å². The summed E-state index contributed by atoms with van der Waals surface area (Å²) >= 11 is 0. The monoisotopic (exact) mass is 293 g/mol. The molecule has 0 saturated heterocycles. The van der Waals surface area contributed by atoms with Crippen molar-refractivity contribution in [1.29, 1.82) is 0 Å². The van der Waals surface area contributed by atoms with Crippen LogP contribution in [0.3, 0.4) is 0 Å². The normalized spacial score (nSPS) is 13.5. The molecule has 0 radical (unpaired) electrons. The van der Waals surface area contributed by atoms with Crippen LogP contribution >= 0.6 is 0 Å². The van der Waals surface area contributed by atoms with Gasteiger partial charge in [-0.25, -0.2) is 4.79 Å². The van der Waals surface area contributed by atoms with Gasteiger partial charge in [-0.1, -0.05) is 19.2 Å². The minimum absolute atomic E-state index is 0. The van der Waals surface area contributed by atoms with Crippen molar-refractivity contribution in [2.24, 2.45) is 0 Å². The van der Waals surface area contributed by atoms with E-state index < -0.39 is 24.5 Å². The van der Waals surface area contributed by atoms with Crippen LogP contribution in [0.1, 0.15) is 40.5 Å². The van der Waals surface area contributed by atoms with Gasteiger partial charge >= 0.3 is 64.5 Å². The number of rotatable bonds is 5. The number of hydrogen-bond donors (Lipinski definition) is 1.